The summed E-state index contributed by atoms with van der Waals surface area (Å²) in [6.45, 7) is 6.38. The summed E-state index contributed by atoms with van der Waals surface area (Å²) in [5.74, 6) is 0. The van der Waals surface area contributed by atoms with Gasteiger partial charge in [-0.25, -0.2) is 0 Å². The van der Waals surface area contributed by atoms with Crippen LogP contribution in [0, 0.1) is 0 Å². The van der Waals surface area contributed by atoms with Gasteiger partial charge in [0.15, 0.2) is 0 Å². The Morgan fingerprint density at radius 1 is 1.03 bits per heavy atom. The molecule has 2 aromatic heterocycles. The second-order valence-corrected chi connectivity index (χ2v) is 10.4. The predicted octanol–water partition coefficient (Wildman–Crippen LogP) is 7.03. The van der Waals surface area contributed by atoms with E-state index in [2.05, 4.69) is 107 Å². The Morgan fingerprint density at radius 3 is 2.76 bits per heavy atom. The van der Waals surface area contributed by atoms with Crippen molar-refractivity contribution < 1.29 is 4.57 Å². The number of aryl methyl sites for hydroxylation is 1. The first kappa shape index (κ1) is 20.6. The number of H-pyrrole nitrogens is 1. The summed E-state index contributed by atoms with van der Waals surface area (Å²) in [7, 11) is 0. The van der Waals surface area contributed by atoms with Crippen LogP contribution in [0.4, 0.5) is 5.69 Å². The van der Waals surface area contributed by atoms with Gasteiger partial charge < -0.3 is 9.88 Å². The zero-order chi connectivity index (χ0) is 22.4. The third kappa shape index (κ3) is 3.56. The highest BCUT2D eigenvalue weighted by Gasteiger charge is 2.25. The minimum atomic E-state index is 0.953. The molecule has 33 heavy (non-hydrogen) atoms. The van der Waals surface area contributed by atoms with E-state index in [0.717, 1.165) is 19.5 Å². The maximum atomic E-state index is 3.49. The summed E-state index contributed by atoms with van der Waals surface area (Å²) in [5, 5.41) is 2.60. The monoisotopic (exact) mass is 468 g/mol. The van der Waals surface area contributed by atoms with Crippen molar-refractivity contribution in [1.82, 2.24) is 4.98 Å². The smallest absolute Gasteiger partial charge is 0.263 e. The summed E-state index contributed by atoms with van der Waals surface area (Å²) in [5.41, 5.74) is 7.84. The molecular weight excluding hydrogens is 442 g/mol. The number of fused-ring (bicyclic) bond motifs is 3. The van der Waals surface area contributed by atoms with Crippen LogP contribution in [0.25, 0.3) is 21.9 Å². The van der Waals surface area contributed by atoms with E-state index < -0.39 is 0 Å². The van der Waals surface area contributed by atoms with Crippen LogP contribution in [0.5, 0.6) is 0 Å². The number of hydrogen-bond donors (Lipinski definition) is 1. The Morgan fingerprint density at radius 2 is 1.88 bits per heavy atom. The van der Waals surface area contributed by atoms with E-state index in [9.17, 15) is 0 Å². The lowest BCUT2D eigenvalue weighted by atomic mass is 9.93. The zero-order valence-electron chi connectivity index (χ0n) is 18.8. The van der Waals surface area contributed by atoms with E-state index >= 15 is 0 Å². The first-order valence-corrected chi connectivity index (χ1v) is 13.1. The Bertz CT molecular complexity index is 1450. The highest BCUT2D eigenvalue weighted by Crippen LogP contribution is 2.46. The van der Waals surface area contributed by atoms with Gasteiger partial charge in [0, 0.05) is 41.0 Å². The molecule has 0 fully saturated rings. The zero-order valence-corrected chi connectivity index (χ0v) is 20.5. The fourth-order valence-electron chi connectivity index (χ4n) is 4.83. The lowest BCUT2D eigenvalue weighted by molar-refractivity contribution is -0.665. The highest BCUT2D eigenvalue weighted by molar-refractivity contribution is 8.03. The van der Waals surface area contributed by atoms with Crippen molar-refractivity contribution >= 4 is 50.7 Å². The number of thiazole rings is 1. The molecule has 5 heteroatoms. The molecule has 0 amide bonds. The summed E-state index contributed by atoms with van der Waals surface area (Å²) in [4.78, 5) is 7.26. The normalized spacial score (nSPS) is 17.6. The highest BCUT2D eigenvalue weighted by atomic mass is 32.2. The molecule has 1 aliphatic carbocycles. The summed E-state index contributed by atoms with van der Waals surface area (Å²) < 4.78 is 3.75. The molecule has 0 atom stereocenters. The van der Waals surface area contributed by atoms with Crippen molar-refractivity contribution in [1.29, 1.82) is 0 Å². The molecule has 164 valence electrons. The van der Waals surface area contributed by atoms with Gasteiger partial charge in [-0.05, 0) is 67.8 Å². The number of benzene rings is 2. The number of anilines is 1. The number of hydrogen-bond acceptors (Lipinski definition) is 3. The van der Waals surface area contributed by atoms with Gasteiger partial charge in [-0.3, -0.25) is 0 Å². The number of aromatic amines is 1. The lowest BCUT2D eigenvalue weighted by Crippen LogP contribution is -2.33. The van der Waals surface area contributed by atoms with Crippen molar-refractivity contribution in [2.24, 2.45) is 0 Å². The third-order valence-corrected chi connectivity index (χ3v) is 8.58. The van der Waals surface area contributed by atoms with Crippen LogP contribution in [0.3, 0.4) is 0 Å². The fraction of sp³-hybridized carbons (Fsp3) is 0.179. The fourth-order valence-corrected chi connectivity index (χ4v) is 7.21. The van der Waals surface area contributed by atoms with E-state index in [1.165, 1.54) is 53.2 Å². The van der Waals surface area contributed by atoms with E-state index in [-0.39, 0.29) is 0 Å². The number of allylic oxidation sites excluding steroid dienone is 4. The van der Waals surface area contributed by atoms with Gasteiger partial charge in [-0.2, -0.15) is 4.57 Å². The lowest BCUT2D eigenvalue weighted by Gasteiger charge is -2.20. The van der Waals surface area contributed by atoms with Crippen LogP contribution in [-0.4, -0.2) is 11.5 Å². The molecule has 0 saturated heterocycles. The van der Waals surface area contributed by atoms with E-state index in [4.69, 9.17) is 0 Å². The second kappa shape index (κ2) is 8.40. The van der Waals surface area contributed by atoms with E-state index in [1.807, 2.05) is 23.1 Å². The molecule has 2 aliphatic rings. The van der Waals surface area contributed by atoms with Crippen LogP contribution in [0.2, 0.25) is 0 Å². The van der Waals surface area contributed by atoms with Gasteiger partial charge >= 0.3 is 0 Å². The quantitative estimate of drug-likeness (QED) is 0.325. The van der Waals surface area contributed by atoms with Crippen LogP contribution in [0.15, 0.2) is 88.4 Å². The van der Waals surface area contributed by atoms with Gasteiger partial charge in [-0.1, -0.05) is 47.4 Å². The largest absolute Gasteiger partial charge is 0.361 e. The predicted molar refractivity (Wildman–Crippen MR) is 142 cm³/mol. The molecule has 0 saturated carbocycles. The van der Waals surface area contributed by atoms with Crippen LogP contribution >= 0.6 is 23.1 Å². The Hall–Kier alpha value is -3.02. The average Bonchev–Trinajstić information content (AvgIpc) is 3.53. The second-order valence-electron chi connectivity index (χ2n) is 8.32. The summed E-state index contributed by atoms with van der Waals surface area (Å²) in [6, 6.07) is 19.6. The maximum Gasteiger partial charge on any atom is 0.263 e. The minimum absolute atomic E-state index is 0.953. The van der Waals surface area contributed by atoms with E-state index in [0.29, 0.717) is 0 Å². The Labute approximate surface area is 202 Å². The van der Waals surface area contributed by atoms with Crippen LogP contribution < -0.4 is 9.47 Å². The molecule has 0 unspecified atom stereocenters. The maximum absolute atomic E-state index is 3.49. The molecule has 0 radical (unpaired) electrons. The first-order chi connectivity index (χ1) is 16.2. The number of aromatic nitrogens is 2. The minimum Gasteiger partial charge on any atom is -0.361 e. The molecule has 6 rings (SSSR count). The number of nitrogens with one attached hydrogen (secondary N) is 1. The van der Waals surface area contributed by atoms with Crippen LogP contribution in [-0.2, 0) is 13.0 Å². The SMILES string of the molecule is CCN1C(=CC2=CC(=Cc3sc4ccccc4[n+]3CC)c3[nH]ccc3C2)Sc2ccccc21. The molecule has 0 spiro atoms. The summed E-state index contributed by atoms with van der Waals surface area (Å²) in [6.07, 6.45) is 10.1. The molecule has 4 aromatic rings. The third-order valence-electron chi connectivity index (χ3n) is 6.35. The van der Waals surface area contributed by atoms with E-state index in [1.54, 1.807) is 0 Å². The van der Waals surface area contributed by atoms with Crippen molar-refractivity contribution in [3.8, 4) is 0 Å². The standard InChI is InChI=1S/C28H25N3S2/c1-3-30-22-9-5-7-11-24(22)32-26(30)17-19-15-20-13-14-29-28(20)21(16-19)18-27-31(4-2)23-10-6-8-12-25(23)33-27/h5-14,16-18H,3-4,15H2,1-2H3/p+1. The Kier molecular flexibility index (Phi) is 5.24. The number of rotatable bonds is 4. The number of para-hydroxylation sites is 2. The van der Waals surface area contributed by atoms with Gasteiger partial charge in [-0.15, -0.1) is 0 Å². The Balaban J connectivity index is 1.44. The molecule has 1 aliphatic heterocycles. The van der Waals surface area contributed by atoms with Crippen molar-refractivity contribution in [3.63, 3.8) is 0 Å². The van der Waals surface area contributed by atoms with Gasteiger partial charge in [0.05, 0.1) is 10.7 Å². The van der Waals surface area contributed by atoms with Gasteiger partial charge in [0.25, 0.3) is 5.01 Å². The van der Waals surface area contributed by atoms with Crippen molar-refractivity contribution in [2.45, 2.75) is 31.7 Å². The molecule has 2 aromatic carbocycles. The van der Waals surface area contributed by atoms with Gasteiger partial charge in [0.1, 0.15) is 11.2 Å². The molecule has 3 heterocycles. The number of nitrogens with zero attached hydrogens (tertiary/aromatic N) is 2. The molecule has 1 N–H and O–H groups in total. The molecular formula is C28H26N3S2+. The van der Waals surface area contributed by atoms with Crippen molar-refractivity contribution in [2.75, 3.05) is 11.4 Å². The average molecular weight is 469 g/mol. The van der Waals surface area contributed by atoms with Gasteiger partial charge in [0.2, 0.25) is 5.52 Å². The first-order valence-electron chi connectivity index (χ1n) is 11.5. The molecule has 0 bridgehead atoms. The van der Waals surface area contributed by atoms with Crippen molar-refractivity contribution in [3.05, 3.63) is 99.8 Å². The number of thioether (sulfide) groups is 1. The molecule has 3 nitrogen and oxygen atoms in total. The van der Waals surface area contributed by atoms with Crippen LogP contribution in [0.1, 0.15) is 30.1 Å². The topological polar surface area (TPSA) is 22.9 Å². The summed E-state index contributed by atoms with van der Waals surface area (Å²) >= 11 is 3.74.